The van der Waals surface area contributed by atoms with Gasteiger partial charge in [0.05, 0.1) is 0 Å². The molecule has 10 heteroatoms. The average molecular weight is 725 g/mol. The lowest BCUT2D eigenvalue weighted by atomic mass is 9.76. The molecule has 2 aliphatic rings. The van der Waals surface area contributed by atoms with E-state index in [0.717, 1.165) is 22.3 Å². The standard InChI is InChI=1S/2C21H30O5/c2*1-12(2)7-8-15-18(23)17(16(22)11-14(5)6)20(25)21(26,19(15)24)10-9-13(3)4/h2*7,9,14,23-24,26H,8,10-11H2,1-6H3/t2*21-/m11/s1. The van der Waals surface area contributed by atoms with Crippen LogP contribution < -0.4 is 0 Å². The van der Waals surface area contributed by atoms with Crippen molar-refractivity contribution in [2.75, 3.05) is 0 Å². The Morgan fingerprint density at radius 1 is 0.538 bits per heavy atom. The van der Waals surface area contributed by atoms with Crippen LogP contribution in [0.25, 0.3) is 0 Å². The molecule has 2 rings (SSSR count). The van der Waals surface area contributed by atoms with E-state index in [1.807, 2.05) is 55.4 Å². The molecule has 2 aliphatic carbocycles. The molecule has 0 saturated heterocycles. The predicted octanol–water partition coefficient (Wildman–Crippen LogP) is 8.50. The van der Waals surface area contributed by atoms with E-state index in [4.69, 9.17) is 0 Å². The summed E-state index contributed by atoms with van der Waals surface area (Å²) in [6, 6.07) is 0. The number of carbonyl (C=O) groups is 4. The summed E-state index contributed by atoms with van der Waals surface area (Å²) in [5.74, 6) is -5.21. The van der Waals surface area contributed by atoms with Crippen molar-refractivity contribution in [2.24, 2.45) is 11.8 Å². The van der Waals surface area contributed by atoms with Crippen molar-refractivity contribution in [3.05, 3.63) is 91.9 Å². The highest BCUT2D eigenvalue weighted by Gasteiger charge is 2.50. The second kappa shape index (κ2) is 19.0. The fourth-order valence-corrected chi connectivity index (χ4v) is 5.41. The summed E-state index contributed by atoms with van der Waals surface area (Å²) >= 11 is 0. The maximum Gasteiger partial charge on any atom is 0.209 e. The molecular weight excluding hydrogens is 664 g/mol. The van der Waals surface area contributed by atoms with Gasteiger partial charge in [-0.2, -0.15) is 0 Å². The van der Waals surface area contributed by atoms with Gasteiger partial charge in [-0.05, 0) is 80.1 Å². The van der Waals surface area contributed by atoms with Crippen LogP contribution in [0.2, 0.25) is 0 Å². The number of ketones is 4. The van der Waals surface area contributed by atoms with E-state index in [2.05, 4.69) is 0 Å². The molecule has 0 aromatic heterocycles. The molecule has 52 heavy (non-hydrogen) atoms. The van der Waals surface area contributed by atoms with Crippen molar-refractivity contribution in [1.29, 1.82) is 0 Å². The van der Waals surface area contributed by atoms with Crippen LogP contribution in [0.1, 0.15) is 122 Å². The second-order valence-electron chi connectivity index (χ2n) is 15.5. The van der Waals surface area contributed by atoms with Gasteiger partial charge in [-0.25, -0.2) is 0 Å². The minimum Gasteiger partial charge on any atom is -0.508 e. The van der Waals surface area contributed by atoms with Crippen LogP contribution in [0.5, 0.6) is 0 Å². The fourth-order valence-electron chi connectivity index (χ4n) is 5.41. The predicted molar refractivity (Wildman–Crippen MR) is 204 cm³/mol. The third-order valence-electron chi connectivity index (χ3n) is 8.39. The first-order chi connectivity index (χ1) is 23.8. The molecule has 0 bridgehead atoms. The molecule has 0 spiro atoms. The second-order valence-corrected chi connectivity index (χ2v) is 15.5. The summed E-state index contributed by atoms with van der Waals surface area (Å²) < 4.78 is 0. The molecule has 0 radical (unpaired) electrons. The zero-order valence-corrected chi connectivity index (χ0v) is 33.0. The smallest absolute Gasteiger partial charge is 0.209 e. The molecule has 0 fully saturated rings. The van der Waals surface area contributed by atoms with E-state index in [9.17, 15) is 49.8 Å². The summed E-state index contributed by atoms with van der Waals surface area (Å²) in [7, 11) is 0. The van der Waals surface area contributed by atoms with Crippen molar-refractivity contribution in [3.63, 3.8) is 0 Å². The quantitative estimate of drug-likeness (QED) is 0.0748. The van der Waals surface area contributed by atoms with Gasteiger partial charge in [0, 0.05) is 36.8 Å². The van der Waals surface area contributed by atoms with Crippen LogP contribution in [-0.2, 0) is 19.2 Å². The summed E-state index contributed by atoms with van der Waals surface area (Å²) in [5.41, 5.74) is -1.68. The average Bonchev–Trinajstić information content (AvgIpc) is 3.00. The summed E-state index contributed by atoms with van der Waals surface area (Å²) in [4.78, 5) is 50.8. The third-order valence-corrected chi connectivity index (χ3v) is 8.39. The highest BCUT2D eigenvalue weighted by Crippen LogP contribution is 2.39. The largest absolute Gasteiger partial charge is 0.508 e. The normalized spacial score (nSPS) is 20.5. The minimum atomic E-state index is -2.24. The van der Waals surface area contributed by atoms with Gasteiger partial charge in [0.2, 0.25) is 11.6 Å². The molecule has 0 aromatic rings. The molecule has 0 aliphatic heterocycles. The Labute approximate surface area is 309 Å². The van der Waals surface area contributed by atoms with Gasteiger partial charge in [-0.3, -0.25) is 19.2 Å². The lowest BCUT2D eigenvalue weighted by Gasteiger charge is -2.32. The molecule has 2 atom stereocenters. The number of Topliss-reactive ketones (excluding diaryl/α,β-unsaturated/α-hetero) is 4. The SMILES string of the molecule is CC(C)=CCC1=C(O)[C@](O)(CC=C(C)C)C(=O)C(C(=O)CC(C)C)=C1O.CC(C)=CCC1=C(O)[C@](O)(CC=C(C)C)C(=O)C(C(=O)CC(C)C)=C1O. The van der Waals surface area contributed by atoms with Crippen LogP contribution in [0.15, 0.2) is 91.9 Å². The number of allylic oxidation sites excluding steroid dienone is 8. The molecular formula is C42H60O10. The summed E-state index contributed by atoms with van der Waals surface area (Å²) in [6.45, 7) is 22.0. The van der Waals surface area contributed by atoms with Gasteiger partial charge in [-0.15, -0.1) is 0 Å². The number of aliphatic hydroxyl groups excluding tert-OH is 4. The fraction of sp³-hybridized carbons (Fsp3) is 0.524. The Balaban J connectivity index is 0.000000520. The van der Waals surface area contributed by atoms with E-state index >= 15 is 0 Å². The number of carbonyl (C=O) groups excluding carboxylic acids is 4. The molecule has 0 saturated carbocycles. The number of aliphatic hydroxyl groups is 6. The van der Waals surface area contributed by atoms with E-state index < -0.39 is 68.5 Å². The van der Waals surface area contributed by atoms with Crippen LogP contribution >= 0.6 is 0 Å². The van der Waals surface area contributed by atoms with Crippen LogP contribution in [0, 0.1) is 11.8 Å². The first-order valence-electron chi connectivity index (χ1n) is 17.7. The van der Waals surface area contributed by atoms with Crippen LogP contribution in [0.3, 0.4) is 0 Å². The van der Waals surface area contributed by atoms with E-state index in [0.29, 0.717) is 0 Å². The number of rotatable bonds is 14. The molecule has 288 valence electrons. The lowest BCUT2D eigenvalue weighted by molar-refractivity contribution is -0.136. The number of hydrogen-bond donors (Lipinski definition) is 6. The van der Waals surface area contributed by atoms with Crippen molar-refractivity contribution < 1.29 is 49.8 Å². The van der Waals surface area contributed by atoms with E-state index in [1.165, 1.54) is 0 Å². The van der Waals surface area contributed by atoms with Gasteiger partial charge in [0.1, 0.15) is 34.2 Å². The van der Waals surface area contributed by atoms with Crippen LogP contribution in [-0.4, -0.2) is 65.0 Å². The van der Waals surface area contributed by atoms with Crippen molar-refractivity contribution in [3.8, 4) is 0 Å². The Bertz CT molecular complexity index is 1550. The zero-order chi connectivity index (χ0) is 40.5. The molecule has 6 N–H and O–H groups in total. The Morgan fingerprint density at radius 2 is 0.808 bits per heavy atom. The van der Waals surface area contributed by atoms with Gasteiger partial charge in [0.25, 0.3) is 0 Å². The maximum absolute atomic E-state index is 12.9. The van der Waals surface area contributed by atoms with Gasteiger partial charge in [0.15, 0.2) is 22.8 Å². The molecule has 0 aromatic carbocycles. The highest BCUT2D eigenvalue weighted by atomic mass is 16.4. The van der Waals surface area contributed by atoms with E-state index in [-0.39, 0.29) is 61.5 Å². The van der Waals surface area contributed by atoms with Gasteiger partial charge < -0.3 is 30.6 Å². The summed E-state index contributed by atoms with van der Waals surface area (Å²) in [5, 5.41) is 64.1. The topological polar surface area (TPSA) is 190 Å². The van der Waals surface area contributed by atoms with Crippen molar-refractivity contribution >= 4 is 23.1 Å². The molecule has 0 amide bonds. The Hall–Kier alpha value is -4.28. The lowest BCUT2D eigenvalue weighted by Crippen LogP contribution is -2.46. The maximum atomic E-state index is 12.9. The monoisotopic (exact) mass is 724 g/mol. The highest BCUT2D eigenvalue weighted by molar-refractivity contribution is 6.26. The molecule has 10 nitrogen and oxygen atoms in total. The molecule has 0 unspecified atom stereocenters. The first-order valence-corrected chi connectivity index (χ1v) is 17.7. The first kappa shape index (κ1) is 45.7. The van der Waals surface area contributed by atoms with E-state index in [1.54, 1.807) is 52.0 Å². The summed E-state index contributed by atoms with van der Waals surface area (Å²) in [6.07, 6.45) is 6.80. The third kappa shape index (κ3) is 11.4. The van der Waals surface area contributed by atoms with Crippen molar-refractivity contribution in [2.45, 2.75) is 133 Å². The Morgan fingerprint density at radius 3 is 1.04 bits per heavy atom. The number of hydrogen-bond acceptors (Lipinski definition) is 10. The van der Waals surface area contributed by atoms with Gasteiger partial charge in [-0.1, -0.05) is 74.3 Å². The Kier molecular flexibility index (Phi) is 16.7. The molecule has 0 heterocycles. The zero-order valence-electron chi connectivity index (χ0n) is 33.0. The van der Waals surface area contributed by atoms with Crippen LogP contribution in [0.4, 0.5) is 0 Å². The van der Waals surface area contributed by atoms with Crippen molar-refractivity contribution in [1.82, 2.24) is 0 Å². The minimum absolute atomic E-state index is 0.0118. The van der Waals surface area contributed by atoms with Gasteiger partial charge >= 0.3 is 0 Å².